The molecule has 0 saturated carbocycles. The number of nitrogens with zero attached hydrogens (tertiary/aromatic N) is 2. The highest BCUT2D eigenvalue weighted by Gasteiger charge is 2.52. The first-order valence-corrected chi connectivity index (χ1v) is 10.7. The van der Waals surface area contributed by atoms with Crippen molar-refractivity contribution in [2.45, 2.75) is 84.0 Å². The zero-order chi connectivity index (χ0) is 22.3. The normalized spacial score (nSPS) is 21.4. The number of nitriles is 1. The summed E-state index contributed by atoms with van der Waals surface area (Å²) in [6, 6.07) is 8.19. The number of piperidine rings is 1. The summed E-state index contributed by atoms with van der Waals surface area (Å²) < 4.78 is 17.9. The van der Waals surface area contributed by atoms with Crippen molar-refractivity contribution in [2.24, 2.45) is 0 Å². The molecule has 0 aromatic heterocycles. The van der Waals surface area contributed by atoms with Crippen LogP contribution in [0.1, 0.15) is 78.4 Å². The van der Waals surface area contributed by atoms with Crippen LogP contribution < -0.4 is 5.46 Å². The summed E-state index contributed by atoms with van der Waals surface area (Å²) in [7, 11) is -0.563. The Morgan fingerprint density at radius 2 is 1.73 bits per heavy atom. The molecule has 3 rings (SSSR count). The molecule has 1 aromatic rings. The lowest BCUT2D eigenvalue weighted by molar-refractivity contribution is 0.00578. The van der Waals surface area contributed by atoms with Crippen LogP contribution in [0.2, 0.25) is 0 Å². The average Bonchev–Trinajstić information content (AvgIpc) is 2.87. The monoisotopic (exact) mass is 412 g/mol. The van der Waals surface area contributed by atoms with Crippen molar-refractivity contribution in [2.75, 3.05) is 13.1 Å². The molecular weight excluding hydrogens is 379 g/mol. The fourth-order valence-corrected chi connectivity index (χ4v) is 3.82. The number of hydrogen-bond acceptors (Lipinski definition) is 5. The van der Waals surface area contributed by atoms with Gasteiger partial charge in [0.05, 0.1) is 22.8 Å². The molecule has 0 N–H and O–H groups in total. The molecule has 7 heteroatoms. The van der Waals surface area contributed by atoms with Crippen LogP contribution in [0.15, 0.2) is 18.2 Å². The van der Waals surface area contributed by atoms with E-state index in [1.807, 2.05) is 60.6 Å². The highest BCUT2D eigenvalue weighted by molar-refractivity contribution is 6.62. The highest BCUT2D eigenvalue weighted by Crippen LogP contribution is 2.37. The molecule has 2 heterocycles. The van der Waals surface area contributed by atoms with Crippen molar-refractivity contribution >= 4 is 18.7 Å². The van der Waals surface area contributed by atoms with E-state index in [-0.39, 0.29) is 6.09 Å². The number of amides is 1. The molecule has 0 unspecified atom stereocenters. The number of hydrogen-bond donors (Lipinski definition) is 0. The smallest absolute Gasteiger partial charge is 0.444 e. The Balaban J connectivity index is 1.74. The third kappa shape index (κ3) is 4.65. The topological polar surface area (TPSA) is 71.8 Å². The van der Waals surface area contributed by atoms with Crippen LogP contribution in [0.25, 0.3) is 0 Å². The van der Waals surface area contributed by atoms with Gasteiger partial charge in [0.25, 0.3) is 0 Å². The number of carbonyl (C=O) groups excluding carboxylic acids is 1. The van der Waals surface area contributed by atoms with Crippen LogP contribution in [0.4, 0.5) is 4.79 Å². The molecular formula is C23H33BN2O4. The predicted molar refractivity (Wildman–Crippen MR) is 117 cm³/mol. The summed E-state index contributed by atoms with van der Waals surface area (Å²) in [5, 5.41) is 9.61. The molecule has 30 heavy (non-hydrogen) atoms. The van der Waals surface area contributed by atoms with E-state index in [1.165, 1.54) is 0 Å². The van der Waals surface area contributed by atoms with Gasteiger partial charge < -0.3 is 18.9 Å². The van der Waals surface area contributed by atoms with Gasteiger partial charge in [-0.25, -0.2) is 4.79 Å². The van der Waals surface area contributed by atoms with Gasteiger partial charge in [0.1, 0.15) is 5.60 Å². The van der Waals surface area contributed by atoms with E-state index in [4.69, 9.17) is 14.0 Å². The molecule has 2 aliphatic rings. The predicted octanol–water partition coefficient (Wildman–Crippen LogP) is 3.97. The molecule has 2 fully saturated rings. The molecule has 2 aliphatic heterocycles. The maximum absolute atomic E-state index is 12.3. The lowest BCUT2D eigenvalue weighted by Crippen LogP contribution is -2.41. The van der Waals surface area contributed by atoms with Crippen molar-refractivity contribution in [1.29, 1.82) is 5.26 Å². The van der Waals surface area contributed by atoms with Gasteiger partial charge in [-0.15, -0.1) is 0 Å². The molecule has 162 valence electrons. The summed E-state index contributed by atoms with van der Waals surface area (Å²) in [5.41, 5.74) is 1.10. The van der Waals surface area contributed by atoms with Gasteiger partial charge in [-0.1, -0.05) is 12.1 Å². The van der Waals surface area contributed by atoms with Gasteiger partial charge in [-0.05, 0) is 78.9 Å². The molecule has 1 amide bonds. The number of likely N-dealkylation sites (tertiary alicyclic amines) is 1. The zero-order valence-corrected chi connectivity index (χ0v) is 19.2. The maximum atomic E-state index is 12.3. The molecule has 2 saturated heterocycles. The van der Waals surface area contributed by atoms with E-state index >= 15 is 0 Å². The van der Waals surface area contributed by atoms with E-state index < -0.39 is 23.9 Å². The van der Waals surface area contributed by atoms with Crippen LogP contribution >= 0.6 is 0 Å². The second-order valence-corrected chi connectivity index (χ2v) is 10.3. The van der Waals surface area contributed by atoms with Gasteiger partial charge in [-0.3, -0.25) is 0 Å². The average molecular weight is 412 g/mol. The summed E-state index contributed by atoms with van der Waals surface area (Å²) in [5.74, 6) is 0.317. The van der Waals surface area contributed by atoms with Gasteiger partial charge >= 0.3 is 13.2 Å². The lowest BCUT2D eigenvalue weighted by Gasteiger charge is -2.33. The van der Waals surface area contributed by atoms with Crippen molar-refractivity contribution in [3.63, 3.8) is 0 Å². The Morgan fingerprint density at radius 3 is 2.23 bits per heavy atom. The molecule has 0 radical (unpaired) electrons. The first kappa shape index (κ1) is 22.6. The van der Waals surface area contributed by atoms with Crippen molar-refractivity contribution in [1.82, 2.24) is 4.90 Å². The third-order valence-corrected chi connectivity index (χ3v) is 6.32. The Bertz CT molecular complexity index is 830. The third-order valence-electron chi connectivity index (χ3n) is 6.32. The van der Waals surface area contributed by atoms with E-state index in [1.54, 1.807) is 4.90 Å². The zero-order valence-electron chi connectivity index (χ0n) is 19.2. The Morgan fingerprint density at radius 1 is 1.17 bits per heavy atom. The minimum absolute atomic E-state index is 0.251. The van der Waals surface area contributed by atoms with Crippen LogP contribution in [0, 0.1) is 11.3 Å². The summed E-state index contributed by atoms with van der Waals surface area (Å²) in [6.45, 7) is 15.0. The summed E-state index contributed by atoms with van der Waals surface area (Å²) >= 11 is 0. The van der Waals surface area contributed by atoms with E-state index in [0.29, 0.717) is 24.6 Å². The SMILES string of the molecule is CC(C)(C)OC(=O)N1CCC(c2ccc(C#N)c(B3OC(C)(C)C(C)(C)O3)c2)CC1. The molecule has 0 atom stereocenters. The van der Waals surface area contributed by atoms with Crippen molar-refractivity contribution in [3.05, 3.63) is 29.3 Å². The van der Waals surface area contributed by atoms with Crippen molar-refractivity contribution < 1.29 is 18.8 Å². The standard InChI is InChI=1S/C23H33BN2O4/c1-21(2,3)28-20(27)26-12-10-16(11-13-26)17-8-9-18(15-25)19(14-17)24-29-22(4,5)23(6,7)30-24/h8-9,14,16H,10-13H2,1-7H3. The Hall–Kier alpha value is -2.04. The first-order valence-electron chi connectivity index (χ1n) is 10.7. The molecule has 1 aromatic carbocycles. The molecule has 6 nitrogen and oxygen atoms in total. The quantitative estimate of drug-likeness (QED) is 0.688. The molecule has 0 spiro atoms. The van der Waals surface area contributed by atoms with Crippen molar-refractivity contribution in [3.8, 4) is 6.07 Å². The minimum atomic E-state index is -0.563. The Labute approximate surface area is 180 Å². The van der Waals surface area contributed by atoms with E-state index in [9.17, 15) is 10.1 Å². The van der Waals surface area contributed by atoms with Gasteiger partial charge in [0.15, 0.2) is 0 Å². The van der Waals surface area contributed by atoms with Gasteiger partial charge in [0.2, 0.25) is 0 Å². The number of ether oxygens (including phenoxy) is 1. The minimum Gasteiger partial charge on any atom is -0.444 e. The maximum Gasteiger partial charge on any atom is 0.496 e. The van der Waals surface area contributed by atoms with Gasteiger partial charge in [0, 0.05) is 18.6 Å². The van der Waals surface area contributed by atoms with Crippen LogP contribution in [0.3, 0.4) is 0 Å². The molecule has 0 aliphatic carbocycles. The van der Waals surface area contributed by atoms with E-state index in [2.05, 4.69) is 12.1 Å². The summed E-state index contributed by atoms with van der Waals surface area (Å²) in [6.07, 6.45) is 1.46. The lowest BCUT2D eigenvalue weighted by atomic mass is 9.74. The summed E-state index contributed by atoms with van der Waals surface area (Å²) in [4.78, 5) is 14.1. The number of rotatable bonds is 2. The van der Waals surface area contributed by atoms with Crippen LogP contribution in [-0.4, -0.2) is 48.0 Å². The fourth-order valence-electron chi connectivity index (χ4n) is 3.82. The van der Waals surface area contributed by atoms with Crippen LogP contribution in [0.5, 0.6) is 0 Å². The van der Waals surface area contributed by atoms with Gasteiger partial charge in [-0.2, -0.15) is 5.26 Å². The molecule has 0 bridgehead atoms. The second kappa shape index (κ2) is 7.90. The van der Waals surface area contributed by atoms with Crippen LogP contribution in [-0.2, 0) is 14.0 Å². The Kier molecular flexibility index (Phi) is 5.96. The first-order chi connectivity index (χ1) is 13.8. The largest absolute Gasteiger partial charge is 0.496 e. The number of benzene rings is 1. The van der Waals surface area contributed by atoms with E-state index in [0.717, 1.165) is 23.9 Å². The number of carbonyl (C=O) groups is 1. The highest BCUT2D eigenvalue weighted by atomic mass is 16.7. The fraction of sp³-hybridized carbons (Fsp3) is 0.652. The second-order valence-electron chi connectivity index (χ2n) is 10.3.